The lowest BCUT2D eigenvalue weighted by Crippen LogP contribution is -2.59. The Morgan fingerprint density at radius 1 is 1.10 bits per heavy atom. The van der Waals surface area contributed by atoms with Gasteiger partial charge in [0.05, 0.1) is 40.4 Å². The van der Waals surface area contributed by atoms with Crippen molar-refractivity contribution in [2.24, 2.45) is 12.5 Å². The Labute approximate surface area is 287 Å². The number of hydrogen-bond donors (Lipinski definition) is 2. The molecule has 2 aliphatic heterocycles. The molecule has 0 aromatic carbocycles. The van der Waals surface area contributed by atoms with Crippen LogP contribution >= 0.6 is 0 Å². The predicted octanol–water partition coefficient (Wildman–Crippen LogP) is 3.52. The number of pyridine rings is 3. The zero-order chi connectivity index (χ0) is 35.8. The molecule has 8 rings (SSSR count). The molecule has 7 heterocycles. The number of hydrogen-bond acceptors (Lipinski definition) is 9. The van der Waals surface area contributed by atoms with E-state index < -0.39 is 12.6 Å². The average molecular weight is 665 g/mol. The molecule has 5 aromatic rings. The third-order valence-electron chi connectivity index (χ3n) is 10.1. The average Bonchev–Trinajstić information content (AvgIpc) is 3.58. The molecule has 5 aromatic heterocycles. The number of aromatic nitrogens is 5. The van der Waals surface area contributed by atoms with E-state index >= 15 is 0 Å². The number of nitrogens with one attached hydrogen (secondary N) is 1. The van der Waals surface area contributed by atoms with Gasteiger partial charge in [-0.2, -0.15) is 0 Å². The van der Waals surface area contributed by atoms with Crippen molar-refractivity contribution in [3.8, 4) is 16.9 Å². The summed E-state index contributed by atoms with van der Waals surface area (Å²) in [4.78, 5) is 40.7. The Morgan fingerprint density at radius 2 is 1.94 bits per heavy atom. The minimum atomic E-state index is -1.72. The molecule has 2 saturated heterocycles. The van der Waals surface area contributed by atoms with Gasteiger partial charge in [0, 0.05) is 74.3 Å². The Morgan fingerprint density at radius 3 is 2.65 bits per heavy atom. The maximum absolute atomic E-state index is 13.9. The first-order valence-corrected chi connectivity index (χ1v) is 16.7. The second-order valence-electron chi connectivity index (χ2n) is 14.2. The van der Waals surface area contributed by atoms with Crippen molar-refractivity contribution in [3.63, 3.8) is 0 Å². The van der Waals surface area contributed by atoms with E-state index in [2.05, 4.69) is 45.9 Å². The summed E-state index contributed by atoms with van der Waals surface area (Å²) < 4.78 is 27.1. The molecular weight excluding hydrogens is 620 g/mol. The highest BCUT2D eigenvalue weighted by Gasteiger charge is 2.33. The molecular formula is C37H42N8O4. The van der Waals surface area contributed by atoms with Crippen molar-refractivity contribution in [2.45, 2.75) is 52.3 Å². The second kappa shape index (κ2) is 12.0. The van der Waals surface area contributed by atoms with Crippen LogP contribution in [-0.4, -0.2) is 78.4 Å². The molecule has 2 atom stereocenters. The molecule has 12 heteroatoms. The molecule has 0 saturated carbocycles. The van der Waals surface area contributed by atoms with Crippen LogP contribution < -0.4 is 21.3 Å². The van der Waals surface area contributed by atoms with Crippen LogP contribution in [0.3, 0.4) is 0 Å². The van der Waals surface area contributed by atoms with Gasteiger partial charge in [-0.15, -0.1) is 0 Å². The third kappa shape index (κ3) is 5.53. The van der Waals surface area contributed by atoms with Crippen molar-refractivity contribution in [1.82, 2.24) is 28.4 Å². The summed E-state index contributed by atoms with van der Waals surface area (Å²) in [6.07, 6.45) is 10.2. The highest BCUT2D eigenvalue weighted by molar-refractivity contribution is 5.73. The summed E-state index contributed by atoms with van der Waals surface area (Å²) in [5, 5.41) is 14.0. The number of aliphatic hydroxyl groups is 1. The minimum absolute atomic E-state index is 0.135. The molecule has 0 bridgehead atoms. The quantitative estimate of drug-likeness (QED) is 0.269. The topological polar surface area (TPSA) is 122 Å². The maximum Gasteiger partial charge on any atom is 0.280 e. The fourth-order valence-electron chi connectivity index (χ4n) is 7.58. The number of aliphatic hydroxyl groups excluding tert-OH is 1. The number of anilines is 3. The Kier molecular flexibility index (Phi) is 7.13. The van der Waals surface area contributed by atoms with Crippen LogP contribution in [0.5, 0.6) is 0 Å². The molecule has 0 radical (unpaired) electrons. The zero-order valence-corrected chi connectivity index (χ0v) is 28.2. The Balaban J connectivity index is 1.08. The molecule has 0 spiro atoms. The minimum Gasteiger partial charge on any atom is -0.392 e. The number of aryl methyl sites for hydroxylation is 1. The van der Waals surface area contributed by atoms with Crippen LogP contribution in [0.15, 0.2) is 70.9 Å². The first-order valence-electron chi connectivity index (χ1n) is 17.8. The van der Waals surface area contributed by atoms with E-state index in [0.29, 0.717) is 35.7 Å². The summed E-state index contributed by atoms with van der Waals surface area (Å²) in [6, 6.07) is 8.64. The van der Waals surface area contributed by atoms with E-state index in [1.165, 1.54) is 15.3 Å². The molecule has 2 N–H and O–H groups in total. The normalized spacial score (nSPS) is 21.2. The molecule has 3 aliphatic rings. The van der Waals surface area contributed by atoms with Crippen molar-refractivity contribution in [1.29, 1.82) is 0 Å². The molecule has 254 valence electrons. The highest BCUT2D eigenvalue weighted by Crippen LogP contribution is 2.37. The SMILES string of the molecule is [2H]C(O)c1c(-c2cc(Nc3ccc(N4CCN(C5([2H])COC5)C[C@@H]4C)cn3)c(=O)n(C)c2)ccnc1-n1ccn2c3c(cc2c1=O)CC(C)(C)C3. The van der Waals surface area contributed by atoms with E-state index in [4.69, 9.17) is 7.48 Å². The summed E-state index contributed by atoms with van der Waals surface area (Å²) in [5.74, 6) is 0.633. The molecule has 12 nitrogen and oxygen atoms in total. The lowest BCUT2D eigenvalue weighted by Gasteiger charge is -2.46. The molecule has 1 aliphatic carbocycles. The fourth-order valence-corrected chi connectivity index (χ4v) is 7.58. The summed E-state index contributed by atoms with van der Waals surface area (Å²) in [6.45, 7) is 8.05. The maximum atomic E-state index is 13.9. The Hall–Kier alpha value is -4.78. The van der Waals surface area contributed by atoms with E-state index in [0.717, 1.165) is 49.4 Å². The van der Waals surface area contributed by atoms with Crippen LogP contribution in [0, 0.1) is 5.41 Å². The molecule has 1 unspecified atom stereocenters. The molecule has 0 amide bonds. The van der Waals surface area contributed by atoms with Crippen LogP contribution in [0.4, 0.5) is 17.2 Å². The number of ether oxygens (including phenoxy) is 1. The van der Waals surface area contributed by atoms with Crippen LogP contribution in [0.2, 0.25) is 0 Å². The lowest BCUT2D eigenvalue weighted by molar-refractivity contribution is -0.0691. The largest absolute Gasteiger partial charge is 0.392 e. The number of piperazine rings is 1. The van der Waals surface area contributed by atoms with Gasteiger partial charge in [0.15, 0.2) is 0 Å². The van der Waals surface area contributed by atoms with Gasteiger partial charge in [0.2, 0.25) is 0 Å². The summed E-state index contributed by atoms with van der Waals surface area (Å²) >= 11 is 0. The zero-order valence-electron chi connectivity index (χ0n) is 30.2. The smallest absolute Gasteiger partial charge is 0.280 e. The third-order valence-corrected chi connectivity index (χ3v) is 10.1. The van der Waals surface area contributed by atoms with E-state index in [-0.39, 0.29) is 39.6 Å². The summed E-state index contributed by atoms with van der Waals surface area (Å²) in [5.41, 5.74) is 4.74. The van der Waals surface area contributed by atoms with E-state index in [9.17, 15) is 14.7 Å². The molecule has 2 fully saturated rings. The van der Waals surface area contributed by atoms with E-state index in [1.807, 2.05) is 28.8 Å². The van der Waals surface area contributed by atoms with E-state index in [1.54, 1.807) is 37.8 Å². The van der Waals surface area contributed by atoms with Gasteiger partial charge in [-0.3, -0.25) is 19.1 Å². The first-order chi connectivity index (χ1) is 24.3. The van der Waals surface area contributed by atoms with Gasteiger partial charge in [0.25, 0.3) is 11.1 Å². The molecule has 49 heavy (non-hydrogen) atoms. The van der Waals surface area contributed by atoms with Gasteiger partial charge in [-0.25, -0.2) is 9.97 Å². The van der Waals surface area contributed by atoms with Crippen LogP contribution in [0.25, 0.3) is 22.5 Å². The first kappa shape index (κ1) is 29.2. The van der Waals surface area contributed by atoms with Gasteiger partial charge in [-0.05, 0) is 66.6 Å². The second-order valence-corrected chi connectivity index (χ2v) is 14.2. The van der Waals surface area contributed by atoms with Gasteiger partial charge < -0.3 is 29.0 Å². The predicted molar refractivity (Wildman–Crippen MR) is 189 cm³/mol. The standard InChI is InChI=1S/C37H42N8O4/c1-23-18-42(27-21-49-22-27)9-10-43(23)26-5-6-33(39-17-26)40-30-13-25(19-41(4)35(30)47)28-7-8-38-34(29(28)20-46)45-12-11-44-31(36(45)48)14-24-15-37(2,3)16-32(24)44/h5-8,11-14,17,19,23,27,46H,9-10,15-16,18,20-22H2,1-4H3,(H,39,40)/t23-/m0/s1/i20D,27D/t20?,23-. The van der Waals surface area contributed by atoms with Crippen molar-refractivity contribution in [3.05, 3.63) is 98.8 Å². The van der Waals surface area contributed by atoms with Crippen LogP contribution in [-0.2, 0) is 31.2 Å². The fraction of sp³-hybridized carbons (Fsp3) is 0.405. The van der Waals surface area contributed by atoms with Gasteiger partial charge in [-0.1, -0.05) is 13.8 Å². The van der Waals surface area contributed by atoms with Gasteiger partial charge in [0.1, 0.15) is 22.8 Å². The summed E-state index contributed by atoms with van der Waals surface area (Å²) in [7, 11) is 1.63. The van der Waals surface area contributed by atoms with Crippen molar-refractivity contribution >= 4 is 22.7 Å². The lowest BCUT2D eigenvalue weighted by atomic mass is 9.90. The Bertz CT molecular complexity index is 2280. The number of rotatable bonds is 7. The van der Waals surface area contributed by atoms with Crippen LogP contribution in [0.1, 0.15) is 40.3 Å². The number of nitrogens with zero attached hydrogens (tertiary/aromatic N) is 7. The monoisotopic (exact) mass is 664 g/mol. The highest BCUT2D eigenvalue weighted by atomic mass is 16.5. The number of fused-ring (bicyclic) bond motifs is 3. The van der Waals surface area contributed by atoms with Gasteiger partial charge >= 0.3 is 0 Å². The van der Waals surface area contributed by atoms with Crippen molar-refractivity contribution in [2.75, 3.05) is 43.1 Å². The van der Waals surface area contributed by atoms with Crippen molar-refractivity contribution < 1.29 is 12.6 Å².